The van der Waals surface area contributed by atoms with E-state index in [4.69, 9.17) is 11.6 Å². The summed E-state index contributed by atoms with van der Waals surface area (Å²) in [6, 6.07) is 0. The molecule has 0 amide bonds. The number of nitrogens with zero attached hydrogens (tertiary/aromatic N) is 2. The average Bonchev–Trinajstić information content (AvgIpc) is 2.73. The maximum atomic E-state index is 5.90. The lowest BCUT2D eigenvalue weighted by Gasteiger charge is -2.08. The second-order valence-corrected chi connectivity index (χ2v) is 5.90. The van der Waals surface area contributed by atoms with E-state index < -0.39 is 0 Å². The van der Waals surface area contributed by atoms with Crippen LogP contribution in [0.25, 0.3) is 0 Å². The highest BCUT2D eigenvalue weighted by Crippen LogP contribution is 2.34. The molecule has 0 aliphatic heterocycles. The van der Waals surface area contributed by atoms with Crippen molar-refractivity contribution in [1.29, 1.82) is 0 Å². The first-order chi connectivity index (χ1) is 7.27. The quantitative estimate of drug-likeness (QED) is 0.619. The number of halogens is 2. The first-order valence-electron chi connectivity index (χ1n) is 5.06. The van der Waals surface area contributed by atoms with Crippen LogP contribution < -0.4 is 0 Å². The van der Waals surface area contributed by atoms with Crippen molar-refractivity contribution in [3.05, 3.63) is 16.0 Å². The maximum Gasteiger partial charge on any atom is 0.147 e. The Morgan fingerprint density at radius 1 is 1.40 bits per heavy atom. The number of thioether (sulfide) groups is 1. The van der Waals surface area contributed by atoms with E-state index in [-0.39, 0.29) is 0 Å². The minimum Gasteiger partial charge on any atom is -0.229 e. The van der Waals surface area contributed by atoms with Crippen LogP contribution >= 0.6 is 39.3 Å². The molecule has 0 radical (unpaired) electrons. The highest BCUT2D eigenvalue weighted by molar-refractivity contribution is 9.10. The summed E-state index contributed by atoms with van der Waals surface area (Å²) in [6.45, 7) is 0. The third kappa shape index (κ3) is 3.08. The van der Waals surface area contributed by atoms with Gasteiger partial charge in [-0.15, -0.1) is 11.8 Å². The summed E-state index contributed by atoms with van der Waals surface area (Å²) < 4.78 is 0.828. The summed E-state index contributed by atoms with van der Waals surface area (Å²) in [7, 11) is 0. The Hall–Kier alpha value is 0.200. The fourth-order valence-corrected chi connectivity index (χ4v) is 3.62. The fraction of sp³-hybridized carbons (Fsp3) is 0.600. The molecule has 82 valence electrons. The number of aromatic nitrogens is 2. The van der Waals surface area contributed by atoms with Gasteiger partial charge < -0.3 is 0 Å². The van der Waals surface area contributed by atoms with E-state index in [2.05, 4.69) is 25.9 Å². The first-order valence-corrected chi connectivity index (χ1v) is 7.22. The van der Waals surface area contributed by atoms with Crippen molar-refractivity contribution in [2.75, 3.05) is 5.75 Å². The molecule has 0 saturated heterocycles. The van der Waals surface area contributed by atoms with Crippen LogP contribution in [0.1, 0.15) is 25.7 Å². The van der Waals surface area contributed by atoms with E-state index in [1.54, 1.807) is 11.8 Å². The molecule has 1 aromatic rings. The van der Waals surface area contributed by atoms with Gasteiger partial charge in [0.25, 0.3) is 0 Å². The summed E-state index contributed by atoms with van der Waals surface area (Å²) in [5.41, 5.74) is 0. The van der Waals surface area contributed by atoms with Crippen LogP contribution in [0.2, 0.25) is 5.15 Å². The zero-order valence-corrected chi connectivity index (χ0v) is 11.4. The molecule has 5 heteroatoms. The standard InChI is InChI=1S/C10H12BrClN2S/c11-8-9(12)13-6-14-10(8)15-5-7-3-1-2-4-7/h6-7H,1-5H2. The highest BCUT2D eigenvalue weighted by Gasteiger charge is 2.16. The molecule has 2 rings (SSSR count). The van der Waals surface area contributed by atoms with Gasteiger partial charge in [-0.05, 0) is 34.7 Å². The van der Waals surface area contributed by atoms with Crippen molar-refractivity contribution in [1.82, 2.24) is 9.97 Å². The fourth-order valence-electron chi connectivity index (χ4n) is 1.81. The van der Waals surface area contributed by atoms with E-state index in [1.807, 2.05) is 0 Å². The first kappa shape index (κ1) is 11.7. The number of hydrogen-bond donors (Lipinski definition) is 0. The molecule has 15 heavy (non-hydrogen) atoms. The Morgan fingerprint density at radius 3 is 2.87 bits per heavy atom. The zero-order valence-electron chi connectivity index (χ0n) is 8.25. The minimum absolute atomic E-state index is 0.499. The summed E-state index contributed by atoms with van der Waals surface area (Å²) >= 11 is 11.1. The monoisotopic (exact) mass is 306 g/mol. The SMILES string of the molecule is Clc1ncnc(SCC2CCCC2)c1Br. The van der Waals surface area contributed by atoms with Crippen LogP contribution in [-0.4, -0.2) is 15.7 Å². The van der Waals surface area contributed by atoms with Crippen LogP contribution in [0, 0.1) is 5.92 Å². The van der Waals surface area contributed by atoms with Crippen LogP contribution in [0.5, 0.6) is 0 Å². The Kier molecular flexibility index (Phi) is 4.29. The average molecular weight is 308 g/mol. The molecular weight excluding hydrogens is 296 g/mol. The molecule has 0 bridgehead atoms. The van der Waals surface area contributed by atoms with Crippen molar-refractivity contribution in [3.8, 4) is 0 Å². The Morgan fingerprint density at radius 2 is 2.13 bits per heavy atom. The van der Waals surface area contributed by atoms with Gasteiger partial charge in [0.05, 0.1) is 4.47 Å². The Labute approximate surface area is 107 Å². The normalized spacial score (nSPS) is 17.2. The Bertz CT molecular complexity index is 342. The second-order valence-electron chi connectivity index (χ2n) is 3.75. The molecule has 0 aromatic carbocycles. The van der Waals surface area contributed by atoms with Crippen molar-refractivity contribution in [2.45, 2.75) is 30.7 Å². The van der Waals surface area contributed by atoms with Crippen LogP contribution in [0.4, 0.5) is 0 Å². The molecular formula is C10H12BrClN2S. The minimum atomic E-state index is 0.499. The molecule has 0 N–H and O–H groups in total. The van der Waals surface area contributed by atoms with Gasteiger partial charge in [0, 0.05) is 5.75 Å². The molecule has 0 unspecified atom stereocenters. The second kappa shape index (κ2) is 5.51. The molecule has 2 nitrogen and oxygen atoms in total. The molecule has 1 aliphatic carbocycles. The summed E-state index contributed by atoms with van der Waals surface area (Å²) in [6.07, 6.45) is 7.02. The van der Waals surface area contributed by atoms with Crippen molar-refractivity contribution < 1.29 is 0 Å². The smallest absolute Gasteiger partial charge is 0.147 e. The van der Waals surface area contributed by atoms with E-state index in [9.17, 15) is 0 Å². The van der Waals surface area contributed by atoms with Gasteiger partial charge in [-0.1, -0.05) is 24.4 Å². The third-order valence-electron chi connectivity index (χ3n) is 2.65. The summed E-state index contributed by atoms with van der Waals surface area (Å²) in [4.78, 5) is 8.13. The lowest BCUT2D eigenvalue weighted by Crippen LogP contribution is -1.97. The van der Waals surface area contributed by atoms with Crippen molar-refractivity contribution >= 4 is 39.3 Å². The van der Waals surface area contributed by atoms with Gasteiger partial charge in [0.2, 0.25) is 0 Å². The molecule has 1 fully saturated rings. The molecule has 1 aromatic heterocycles. The van der Waals surface area contributed by atoms with Crippen molar-refractivity contribution in [3.63, 3.8) is 0 Å². The third-order valence-corrected chi connectivity index (χ3v) is 5.39. The predicted octanol–water partition coefficient (Wildman–Crippen LogP) is 4.17. The predicted molar refractivity (Wildman–Crippen MR) is 67.4 cm³/mol. The van der Waals surface area contributed by atoms with Gasteiger partial charge in [-0.25, -0.2) is 9.97 Å². The maximum absolute atomic E-state index is 5.90. The number of rotatable bonds is 3. The van der Waals surface area contributed by atoms with E-state index in [0.717, 1.165) is 21.2 Å². The van der Waals surface area contributed by atoms with Gasteiger partial charge in [0.15, 0.2) is 0 Å². The van der Waals surface area contributed by atoms with E-state index in [0.29, 0.717) is 5.15 Å². The van der Waals surface area contributed by atoms with Gasteiger partial charge >= 0.3 is 0 Å². The van der Waals surface area contributed by atoms with Gasteiger partial charge in [-0.3, -0.25) is 0 Å². The summed E-state index contributed by atoms with van der Waals surface area (Å²) in [5.74, 6) is 2.00. The zero-order chi connectivity index (χ0) is 10.7. The van der Waals surface area contributed by atoms with Crippen LogP contribution in [0.15, 0.2) is 15.8 Å². The molecule has 1 aliphatic rings. The van der Waals surface area contributed by atoms with Crippen LogP contribution in [0.3, 0.4) is 0 Å². The lowest BCUT2D eigenvalue weighted by molar-refractivity contribution is 0.622. The molecule has 1 heterocycles. The molecule has 0 spiro atoms. The lowest BCUT2D eigenvalue weighted by atomic mass is 10.1. The summed E-state index contributed by atoms with van der Waals surface area (Å²) in [5, 5.41) is 1.46. The highest BCUT2D eigenvalue weighted by atomic mass is 79.9. The van der Waals surface area contributed by atoms with Crippen LogP contribution in [-0.2, 0) is 0 Å². The van der Waals surface area contributed by atoms with Crippen molar-refractivity contribution in [2.24, 2.45) is 5.92 Å². The Balaban J connectivity index is 1.95. The number of hydrogen-bond acceptors (Lipinski definition) is 3. The topological polar surface area (TPSA) is 25.8 Å². The van der Waals surface area contributed by atoms with Gasteiger partial charge in [-0.2, -0.15) is 0 Å². The van der Waals surface area contributed by atoms with Gasteiger partial charge in [0.1, 0.15) is 16.5 Å². The largest absolute Gasteiger partial charge is 0.229 e. The molecule has 1 saturated carbocycles. The van der Waals surface area contributed by atoms with E-state index in [1.165, 1.54) is 32.0 Å². The molecule has 0 atom stereocenters. The van der Waals surface area contributed by atoms with E-state index >= 15 is 0 Å².